The van der Waals surface area contributed by atoms with Gasteiger partial charge in [0.25, 0.3) is 11.8 Å². The van der Waals surface area contributed by atoms with Crippen LogP contribution >= 0.6 is 0 Å². The zero-order chi connectivity index (χ0) is 21.1. The van der Waals surface area contributed by atoms with Crippen LogP contribution in [0.1, 0.15) is 16.7 Å². The Morgan fingerprint density at radius 3 is 2.00 bits per heavy atom. The highest BCUT2D eigenvalue weighted by molar-refractivity contribution is 6.35. The average molecular weight is 400 g/mol. The predicted octanol–water partition coefficient (Wildman–Crippen LogP) is 4.24. The van der Waals surface area contributed by atoms with E-state index >= 15 is 0 Å². The molecule has 0 unspecified atom stereocenters. The molecule has 3 aromatic carbocycles. The quantitative estimate of drug-likeness (QED) is 0.581. The minimum absolute atomic E-state index is 0.0942. The molecule has 0 atom stereocenters. The number of likely N-dealkylation sites (N-methyl/N-ethyl adjacent to an activating group) is 1. The second-order valence-electron chi connectivity index (χ2n) is 7.25. The zero-order valence-corrected chi connectivity index (χ0v) is 16.6. The molecule has 4 nitrogen and oxygen atoms in total. The summed E-state index contributed by atoms with van der Waals surface area (Å²) in [4.78, 5) is 29.7. The maximum Gasteiger partial charge on any atom is 0.278 e. The van der Waals surface area contributed by atoms with Crippen LogP contribution < -0.4 is 0 Å². The highest BCUT2D eigenvalue weighted by Crippen LogP contribution is 2.32. The van der Waals surface area contributed by atoms with Crippen molar-refractivity contribution in [2.24, 2.45) is 0 Å². The Bertz CT molecular complexity index is 1090. The van der Waals surface area contributed by atoms with E-state index in [0.29, 0.717) is 28.9 Å². The van der Waals surface area contributed by atoms with Crippen molar-refractivity contribution in [3.05, 3.63) is 113 Å². The molecule has 0 N–H and O–H groups in total. The molecule has 0 radical (unpaired) electrons. The van der Waals surface area contributed by atoms with Gasteiger partial charge in [0.2, 0.25) is 0 Å². The topological polar surface area (TPSA) is 40.6 Å². The molecule has 0 bridgehead atoms. The van der Waals surface area contributed by atoms with Crippen LogP contribution in [-0.2, 0) is 22.7 Å². The van der Waals surface area contributed by atoms with Gasteiger partial charge in [-0.2, -0.15) is 0 Å². The molecular weight excluding hydrogens is 379 g/mol. The number of rotatable bonds is 6. The van der Waals surface area contributed by atoms with E-state index in [2.05, 4.69) is 0 Å². The third kappa shape index (κ3) is 3.87. The van der Waals surface area contributed by atoms with Crippen LogP contribution in [0.25, 0.3) is 5.57 Å². The van der Waals surface area contributed by atoms with Gasteiger partial charge in [-0.1, -0.05) is 72.8 Å². The Morgan fingerprint density at radius 2 is 1.37 bits per heavy atom. The maximum atomic E-state index is 13.3. The molecule has 4 rings (SSSR count). The molecule has 0 saturated carbocycles. The summed E-state index contributed by atoms with van der Waals surface area (Å²) >= 11 is 0. The fourth-order valence-corrected chi connectivity index (χ4v) is 3.63. The molecule has 1 aliphatic rings. The number of hydrogen-bond donors (Lipinski definition) is 0. The number of amides is 2. The van der Waals surface area contributed by atoms with Gasteiger partial charge in [0.15, 0.2) is 0 Å². The first-order valence-electron chi connectivity index (χ1n) is 9.70. The van der Waals surface area contributed by atoms with Crippen molar-refractivity contribution in [2.75, 3.05) is 7.05 Å². The lowest BCUT2D eigenvalue weighted by Crippen LogP contribution is -2.33. The number of halogens is 1. The highest BCUT2D eigenvalue weighted by atomic mass is 19.1. The highest BCUT2D eigenvalue weighted by Gasteiger charge is 2.40. The van der Waals surface area contributed by atoms with Crippen molar-refractivity contribution >= 4 is 17.4 Å². The minimum atomic E-state index is -0.357. The van der Waals surface area contributed by atoms with E-state index in [9.17, 15) is 14.0 Å². The summed E-state index contributed by atoms with van der Waals surface area (Å²) in [5.74, 6) is -1.05. The van der Waals surface area contributed by atoms with Crippen molar-refractivity contribution in [3.63, 3.8) is 0 Å². The van der Waals surface area contributed by atoms with Crippen molar-refractivity contribution in [1.29, 1.82) is 0 Å². The molecule has 1 heterocycles. The molecule has 0 aromatic heterocycles. The summed E-state index contributed by atoms with van der Waals surface area (Å²) in [5, 5.41) is 0. The van der Waals surface area contributed by atoms with Gasteiger partial charge in [0, 0.05) is 13.6 Å². The van der Waals surface area contributed by atoms with Crippen molar-refractivity contribution in [1.82, 2.24) is 9.80 Å². The smallest absolute Gasteiger partial charge is 0.278 e. The van der Waals surface area contributed by atoms with E-state index in [0.717, 1.165) is 5.56 Å². The summed E-state index contributed by atoms with van der Waals surface area (Å²) in [6.45, 7) is 0.590. The maximum absolute atomic E-state index is 13.3. The molecule has 30 heavy (non-hydrogen) atoms. The zero-order valence-electron chi connectivity index (χ0n) is 16.6. The van der Waals surface area contributed by atoms with Crippen LogP contribution in [0.4, 0.5) is 4.39 Å². The number of benzene rings is 3. The van der Waals surface area contributed by atoms with Crippen molar-refractivity contribution in [3.8, 4) is 0 Å². The summed E-state index contributed by atoms with van der Waals surface area (Å²) in [6, 6.07) is 24.8. The Labute approximate surface area is 174 Å². The lowest BCUT2D eigenvalue weighted by atomic mass is 10.0. The fourth-order valence-electron chi connectivity index (χ4n) is 3.63. The molecule has 3 aromatic rings. The third-order valence-corrected chi connectivity index (χ3v) is 5.10. The Hall–Kier alpha value is -3.73. The van der Waals surface area contributed by atoms with Gasteiger partial charge in [-0.15, -0.1) is 0 Å². The van der Waals surface area contributed by atoms with E-state index in [1.165, 1.54) is 17.0 Å². The molecule has 150 valence electrons. The molecule has 2 amide bonds. The summed E-state index contributed by atoms with van der Waals surface area (Å²) < 4.78 is 13.2. The largest absolute Gasteiger partial charge is 0.365 e. The first kappa shape index (κ1) is 19.6. The first-order valence-corrected chi connectivity index (χ1v) is 9.70. The van der Waals surface area contributed by atoms with Crippen molar-refractivity contribution < 1.29 is 14.0 Å². The summed E-state index contributed by atoms with van der Waals surface area (Å²) in [7, 11) is 1.82. The molecule has 0 aliphatic carbocycles. The Kier molecular flexibility index (Phi) is 5.44. The molecule has 1 aliphatic heterocycles. The van der Waals surface area contributed by atoms with Crippen LogP contribution in [-0.4, -0.2) is 28.7 Å². The standard InChI is InChI=1S/C25H21FN2O2/c1-27(16-18-8-4-2-5-9-18)23-22(20-10-6-3-7-11-20)24(29)28(25(23)30)17-19-12-14-21(26)15-13-19/h2-15H,16-17H2,1H3. The van der Waals surface area contributed by atoms with Crippen LogP contribution in [0, 0.1) is 5.82 Å². The Balaban J connectivity index is 1.70. The number of carbonyl (C=O) groups excluding carboxylic acids is 2. The number of hydrogen-bond acceptors (Lipinski definition) is 3. The lowest BCUT2D eigenvalue weighted by molar-refractivity contribution is -0.138. The fraction of sp³-hybridized carbons (Fsp3) is 0.120. The SMILES string of the molecule is CN(Cc1ccccc1)C1=C(c2ccccc2)C(=O)N(Cc2ccc(F)cc2)C1=O. The van der Waals surface area contributed by atoms with Gasteiger partial charge in [-0.25, -0.2) is 4.39 Å². The van der Waals surface area contributed by atoms with Gasteiger partial charge >= 0.3 is 0 Å². The van der Waals surface area contributed by atoms with Gasteiger partial charge in [-0.05, 0) is 28.8 Å². The predicted molar refractivity (Wildman–Crippen MR) is 113 cm³/mol. The minimum Gasteiger partial charge on any atom is -0.365 e. The number of imide groups is 1. The van der Waals surface area contributed by atoms with E-state index in [1.54, 1.807) is 12.1 Å². The second kappa shape index (κ2) is 8.33. The summed E-state index contributed by atoms with van der Waals surface area (Å²) in [5.41, 5.74) is 3.19. The lowest BCUT2D eigenvalue weighted by Gasteiger charge is -2.21. The summed E-state index contributed by atoms with van der Waals surface area (Å²) in [6.07, 6.45) is 0. The van der Waals surface area contributed by atoms with E-state index in [-0.39, 0.29) is 24.2 Å². The monoisotopic (exact) mass is 400 g/mol. The first-order chi connectivity index (χ1) is 14.5. The van der Waals surface area contributed by atoms with Gasteiger partial charge in [0.05, 0.1) is 12.1 Å². The van der Waals surface area contributed by atoms with E-state index < -0.39 is 0 Å². The van der Waals surface area contributed by atoms with Crippen LogP contribution in [0.2, 0.25) is 0 Å². The van der Waals surface area contributed by atoms with Gasteiger partial charge in [-0.3, -0.25) is 14.5 Å². The van der Waals surface area contributed by atoms with Crippen LogP contribution in [0.3, 0.4) is 0 Å². The van der Waals surface area contributed by atoms with Gasteiger partial charge in [0.1, 0.15) is 11.5 Å². The third-order valence-electron chi connectivity index (χ3n) is 5.10. The molecule has 0 fully saturated rings. The van der Waals surface area contributed by atoms with Crippen LogP contribution in [0.5, 0.6) is 0 Å². The molecular formula is C25H21FN2O2. The van der Waals surface area contributed by atoms with Crippen molar-refractivity contribution in [2.45, 2.75) is 13.1 Å². The number of nitrogens with zero attached hydrogens (tertiary/aromatic N) is 2. The van der Waals surface area contributed by atoms with Gasteiger partial charge < -0.3 is 4.90 Å². The molecule has 0 spiro atoms. The van der Waals surface area contributed by atoms with E-state index in [4.69, 9.17) is 0 Å². The number of carbonyl (C=O) groups is 2. The Morgan fingerprint density at radius 1 is 0.767 bits per heavy atom. The van der Waals surface area contributed by atoms with Crippen LogP contribution in [0.15, 0.2) is 90.6 Å². The normalized spacial score (nSPS) is 13.9. The van der Waals surface area contributed by atoms with E-state index in [1.807, 2.05) is 72.6 Å². The average Bonchev–Trinajstić information content (AvgIpc) is 3.01. The molecule has 5 heteroatoms. The molecule has 0 saturated heterocycles. The second-order valence-corrected chi connectivity index (χ2v) is 7.25.